The van der Waals surface area contributed by atoms with Crippen LogP contribution in [0.5, 0.6) is 5.75 Å². The zero-order valence-corrected chi connectivity index (χ0v) is 9.69. The molecule has 19 heavy (non-hydrogen) atoms. The summed E-state index contributed by atoms with van der Waals surface area (Å²) < 4.78 is 39.8. The van der Waals surface area contributed by atoms with Gasteiger partial charge in [0.1, 0.15) is 5.75 Å². The summed E-state index contributed by atoms with van der Waals surface area (Å²) in [5, 5.41) is 9.01. The van der Waals surface area contributed by atoms with Crippen LogP contribution >= 0.6 is 0 Å². The third kappa shape index (κ3) is 3.69. The van der Waals surface area contributed by atoms with E-state index in [4.69, 9.17) is 5.11 Å². The van der Waals surface area contributed by atoms with E-state index in [1.54, 1.807) is 12.1 Å². The van der Waals surface area contributed by atoms with E-state index >= 15 is 0 Å². The second-order valence-corrected chi connectivity index (χ2v) is 3.78. The van der Waals surface area contributed by atoms with Crippen molar-refractivity contribution in [1.82, 2.24) is 4.98 Å². The minimum atomic E-state index is -4.70. The van der Waals surface area contributed by atoms with Crippen molar-refractivity contribution < 1.29 is 23.0 Å². The van der Waals surface area contributed by atoms with Gasteiger partial charge in [0.2, 0.25) is 0 Å². The van der Waals surface area contributed by atoms with E-state index in [9.17, 15) is 13.2 Å². The predicted molar refractivity (Wildman–Crippen MR) is 62.3 cm³/mol. The second-order valence-electron chi connectivity index (χ2n) is 3.78. The molecule has 0 bridgehead atoms. The number of hydrogen-bond donors (Lipinski definition) is 1. The van der Waals surface area contributed by atoms with Crippen molar-refractivity contribution in [2.24, 2.45) is 0 Å². The highest BCUT2D eigenvalue weighted by Crippen LogP contribution is 2.25. The molecule has 0 aliphatic heterocycles. The normalized spacial score (nSPS) is 11.4. The summed E-state index contributed by atoms with van der Waals surface area (Å²) >= 11 is 0. The van der Waals surface area contributed by atoms with Gasteiger partial charge in [-0.2, -0.15) is 0 Å². The molecule has 1 aromatic carbocycles. The first-order valence-electron chi connectivity index (χ1n) is 5.40. The van der Waals surface area contributed by atoms with Crippen molar-refractivity contribution in [2.75, 3.05) is 0 Å². The minimum Gasteiger partial charge on any atom is -0.406 e. The van der Waals surface area contributed by atoms with Gasteiger partial charge < -0.3 is 9.84 Å². The van der Waals surface area contributed by atoms with E-state index in [-0.39, 0.29) is 12.4 Å². The van der Waals surface area contributed by atoms with Gasteiger partial charge in [-0.25, -0.2) is 0 Å². The lowest BCUT2D eigenvalue weighted by Gasteiger charge is -2.09. The summed E-state index contributed by atoms with van der Waals surface area (Å²) in [5.74, 6) is -0.283. The Balaban J connectivity index is 2.22. The van der Waals surface area contributed by atoms with Crippen LogP contribution in [-0.4, -0.2) is 16.5 Å². The Bertz CT molecular complexity index is 553. The lowest BCUT2D eigenvalue weighted by atomic mass is 10.1. The first kappa shape index (κ1) is 13.4. The van der Waals surface area contributed by atoms with Gasteiger partial charge in [0.15, 0.2) is 0 Å². The zero-order valence-electron chi connectivity index (χ0n) is 9.69. The van der Waals surface area contributed by atoms with Crippen molar-refractivity contribution in [3.63, 3.8) is 0 Å². The molecular weight excluding hydrogens is 259 g/mol. The standard InChI is InChI=1S/C13H10F3NO2/c14-13(15,16)19-11-3-1-10(2-4-11)12-7-9(8-18)5-6-17-12/h1-7,18H,8H2. The van der Waals surface area contributed by atoms with Gasteiger partial charge >= 0.3 is 6.36 Å². The molecule has 0 saturated carbocycles. The molecule has 3 nitrogen and oxygen atoms in total. The lowest BCUT2D eigenvalue weighted by molar-refractivity contribution is -0.274. The Morgan fingerprint density at radius 3 is 2.37 bits per heavy atom. The monoisotopic (exact) mass is 269 g/mol. The van der Waals surface area contributed by atoms with Crippen molar-refractivity contribution in [3.05, 3.63) is 48.2 Å². The molecule has 0 amide bonds. The fraction of sp³-hybridized carbons (Fsp3) is 0.154. The predicted octanol–water partition coefficient (Wildman–Crippen LogP) is 3.14. The molecule has 1 heterocycles. The maximum absolute atomic E-state index is 12.0. The maximum Gasteiger partial charge on any atom is 0.573 e. The number of benzene rings is 1. The molecule has 2 aromatic rings. The van der Waals surface area contributed by atoms with E-state index in [1.807, 2.05) is 0 Å². The molecule has 100 valence electrons. The Kier molecular flexibility index (Phi) is 3.71. The maximum atomic E-state index is 12.0. The number of rotatable bonds is 3. The van der Waals surface area contributed by atoms with Crippen molar-refractivity contribution in [2.45, 2.75) is 13.0 Å². The van der Waals surface area contributed by atoms with Gasteiger partial charge in [0.25, 0.3) is 0 Å². The van der Waals surface area contributed by atoms with E-state index in [0.29, 0.717) is 16.8 Å². The molecule has 0 radical (unpaired) electrons. The molecule has 0 aliphatic rings. The van der Waals surface area contributed by atoms with Gasteiger partial charge in [-0.05, 0) is 42.0 Å². The number of ether oxygens (including phenoxy) is 1. The van der Waals surface area contributed by atoms with Crippen LogP contribution in [0, 0.1) is 0 Å². The van der Waals surface area contributed by atoms with Crippen LogP contribution in [0.15, 0.2) is 42.6 Å². The largest absolute Gasteiger partial charge is 0.573 e. The fourth-order valence-electron chi connectivity index (χ4n) is 1.56. The molecule has 0 unspecified atom stereocenters. The summed E-state index contributed by atoms with van der Waals surface area (Å²) in [7, 11) is 0. The topological polar surface area (TPSA) is 42.4 Å². The Hall–Kier alpha value is -2.08. The smallest absolute Gasteiger partial charge is 0.406 e. The summed E-state index contributed by atoms with van der Waals surface area (Å²) in [6.45, 7) is -0.120. The van der Waals surface area contributed by atoms with Gasteiger partial charge in [0.05, 0.1) is 12.3 Å². The molecular formula is C13H10F3NO2. The van der Waals surface area contributed by atoms with Crippen LogP contribution in [0.25, 0.3) is 11.3 Å². The number of hydrogen-bond acceptors (Lipinski definition) is 3. The summed E-state index contributed by atoms with van der Waals surface area (Å²) in [5.41, 5.74) is 1.90. The van der Waals surface area contributed by atoms with Gasteiger partial charge in [0, 0.05) is 11.8 Å². The molecule has 1 N–H and O–H groups in total. The zero-order chi connectivity index (χ0) is 13.9. The molecule has 0 saturated heterocycles. The summed E-state index contributed by atoms with van der Waals surface area (Å²) in [4.78, 5) is 4.09. The second kappa shape index (κ2) is 5.27. The average molecular weight is 269 g/mol. The van der Waals surface area contributed by atoms with E-state index in [1.165, 1.54) is 30.5 Å². The average Bonchev–Trinajstić information content (AvgIpc) is 2.38. The highest BCUT2D eigenvalue weighted by atomic mass is 19.4. The van der Waals surface area contributed by atoms with Gasteiger partial charge in [-0.15, -0.1) is 13.2 Å². The third-order valence-corrected chi connectivity index (χ3v) is 2.39. The Labute approximate surface area is 107 Å². The number of nitrogens with zero attached hydrogens (tertiary/aromatic N) is 1. The number of alkyl halides is 3. The highest BCUT2D eigenvalue weighted by Gasteiger charge is 2.30. The number of halogens is 3. The lowest BCUT2D eigenvalue weighted by Crippen LogP contribution is -2.16. The molecule has 1 aromatic heterocycles. The molecule has 6 heteroatoms. The first-order valence-corrected chi connectivity index (χ1v) is 5.40. The van der Waals surface area contributed by atoms with Crippen LogP contribution < -0.4 is 4.74 Å². The summed E-state index contributed by atoms with van der Waals surface area (Å²) in [6.07, 6.45) is -3.17. The number of aromatic nitrogens is 1. The SMILES string of the molecule is OCc1ccnc(-c2ccc(OC(F)(F)F)cc2)c1. The Morgan fingerprint density at radius 2 is 1.79 bits per heavy atom. The highest BCUT2D eigenvalue weighted by molar-refractivity contribution is 5.60. The number of pyridine rings is 1. The van der Waals surface area contributed by atoms with Gasteiger partial charge in [-0.3, -0.25) is 4.98 Å². The van der Waals surface area contributed by atoms with E-state index in [2.05, 4.69) is 9.72 Å². The number of aliphatic hydroxyl groups is 1. The van der Waals surface area contributed by atoms with E-state index < -0.39 is 6.36 Å². The van der Waals surface area contributed by atoms with Crippen LogP contribution in [-0.2, 0) is 6.61 Å². The minimum absolute atomic E-state index is 0.120. The van der Waals surface area contributed by atoms with Gasteiger partial charge in [-0.1, -0.05) is 0 Å². The molecule has 0 fully saturated rings. The molecule has 0 atom stereocenters. The summed E-state index contributed by atoms with van der Waals surface area (Å²) in [6, 6.07) is 8.71. The van der Waals surface area contributed by atoms with Crippen LogP contribution in [0.1, 0.15) is 5.56 Å². The van der Waals surface area contributed by atoms with Crippen LogP contribution in [0.3, 0.4) is 0 Å². The van der Waals surface area contributed by atoms with Crippen LogP contribution in [0.4, 0.5) is 13.2 Å². The third-order valence-electron chi connectivity index (χ3n) is 2.39. The van der Waals surface area contributed by atoms with Crippen molar-refractivity contribution >= 4 is 0 Å². The van der Waals surface area contributed by atoms with Crippen molar-refractivity contribution in [3.8, 4) is 17.0 Å². The number of aliphatic hydroxyl groups excluding tert-OH is 1. The van der Waals surface area contributed by atoms with E-state index in [0.717, 1.165) is 0 Å². The van der Waals surface area contributed by atoms with Crippen LogP contribution in [0.2, 0.25) is 0 Å². The Morgan fingerprint density at radius 1 is 1.11 bits per heavy atom. The van der Waals surface area contributed by atoms with Crippen molar-refractivity contribution in [1.29, 1.82) is 0 Å². The molecule has 2 rings (SSSR count). The molecule has 0 spiro atoms. The quantitative estimate of drug-likeness (QED) is 0.930. The first-order chi connectivity index (χ1) is 8.98. The molecule has 0 aliphatic carbocycles. The fourth-order valence-corrected chi connectivity index (χ4v) is 1.56.